The van der Waals surface area contributed by atoms with Crippen LogP contribution in [0, 0.1) is 5.92 Å². The van der Waals surface area contributed by atoms with Crippen molar-refractivity contribution >= 4 is 11.8 Å². The maximum Gasteiger partial charge on any atom is 0.0281 e. The van der Waals surface area contributed by atoms with E-state index in [2.05, 4.69) is 30.3 Å². The number of hydrogen-bond acceptors (Lipinski definition) is 2. The van der Waals surface area contributed by atoms with Crippen LogP contribution in [0.2, 0.25) is 0 Å². The summed E-state index contributed by atoms with van der Waals surface area (Å²) in [5.41, 5.74) is 0. The molecule has 2 heteroatoms. The molecule has 0 aromatic rings. The van der Waals surface area contributed by atoms with E-state index in [4.69, 9.17) is 0 Å². The molecule has 2 aliphatic rings. The molecule has 0 aliphatic heterocycles. The highest BCUT2D eigenvalue weighted by Crippen LogP contribution is 2.38. The highest BCUT2D eigenvalue weighted by molar-refractivity contribution is 8.00. The van der Waals surface area contributed by atoms with Gasteiger partial charge in [0.25, 0.3) is 0 Å². The molecule has 2 aliphatic carbocycles. The van der Waals surface area contributed by atoms with E-state index in [1.165, 1.54) is 70.8 Å². The third-order valence-corrected chi connectivity index (χ3v) is 6.74. The lowest BCUT2D eigenvalue weighted by atomic mass is 9.82. The molecule has 1 nitrogen and oxygen atoms in total. The van der Waals surface area contributed by atoms with Gasteiger partial charge in [0.05, 0.1) is 0 Å². The molecule has 0 aromatic heterocycles. The molecule has 2 saturated carbocycles. The molecule has 0 aromatic carbocycles. The van der Waals surface area contributed by atoms with Crippen molar-refractivity contribution in [2.45, 2.75) is 81.9 Å². The summed E-state index contributed by atoms with van der Waals surface area (Å²) >= 11 is 2.13. The van der Waals surface area contributed by atoms with E-state index in [-0.39, 0.29) is 0 Å². The van der Waals surface area contributed by atoms with Crippen molar-refractivity contribution in [2.24, 2.45) is 5.92 Å². The van der Waals surface area contributed by atoms with Crippen LogP contribution >= 0.6 is 11.8 Å². The van der Waals surface area contributed by atoms with Crippen LogP contribution in [0.3, 0.4) is 0 Å². The summed E-state index contributed by atoms with van der Waals surface area (Å²) in [5.74, 6) is 0.946. The molecule has 2 atom stereocenters. The highest BCUT2D eigenvalue weighted by Gasteiger charge is 2.33. The lowest BCUT2D eigenvalue weighted by Crippen LogP contribution is -2.47. The Hall–Kier alpha value is 0.310. The summed E-state index contributed by atoms with van der Waals surface area (Å²) in [6, 6.07) is 0.815. The van der Waals surface area contributed by atoms with Crippen LogP contribution in [-0.4, -0.2) is 23.6 Å². The molecule has 0 saturated heterocycles. The fourth-order valence-electron chi connectivity index (χ4n) is 3.93. The molecule has 0 amide bonds. The summed E-state index contributed by atoms with van der Waals surface area (Å²) in [4.78, 5) is 0. The van der Waals surface area contributed by atoms with Crippen molar-refractivity contribution < 1.29 is 0 Å². The Morgan fingerprint density at radius 3 is 2.44 bits per heavy atom. The van der Waals surface area contributed by atoms with Crippen molar-refractivity contribution in [3.05, 3.63) is 0 Å². The molecule has 0 heterocycles. The van der Waals surface area contributed by atoms with Gasteiger partial charge in [-0.1, -0.05) is 45.4 Å². The van der Waals surface area contributed by atoms with Crippen LogP contribution in [0.25, 0.3) is 0 Å². The fraction of sp³-hybridized carbons (Fsp3) is 1.00. The van der Waals surface area contributed by atoms with Crippen molar-refractivity contribution in [3.63, 3.8) is 0 Å². The van der Waals surface area contributed by atoms with Gasteiger partial charge in [-0.3, -0.25) is 0 Å². The van der Waals surface area contributed by atoms with E-state index in [0.717, 1.165) is 12.0 Å². The Morgan fingerprint density at radius 1 is 1.06 bits per heavy atom. The Balaban J connectivity index is 1.84. The number of nitrogens with one attached hydrogen (secondary N) is 1. The van der Waals surface area contributed by atoms with E-state index in [1.54, 1.807) is 0 Å². The van der Waals surface area contributed by atoms with Crippen molar-refractivity contribution in [1.82, 2.24) is 5.32 Å². The molecule has 0 spiro atoms. The monoisotopic (exact) mass is 269 g/mol. The Bertz CT molecular complexity index is 235. The summed E-state index contributed by atoms with van der Waals surface area (Å²) in [5, 5.41) is 3.96. The van der Waals surface area contributed by atoms with Crippen LogP contribution in [0.4, 0.5) is 0 Å². The van der Waals surface area contributed by atoms with E-state index in [1.807, 2.05) is 0 Å². The topological polar surface area (TPSA) is 12.0 Å². The van der Waals surface area contributed by atoms with Gasteiger partial charge in [-0.05, 0) is 37.9 Å². The third kappa shape index (κ3) is 3.66. The van der Waals surface area contributed by atoms with Gasteiger partial charge in [0, 0.05) is 17.3 Å². The predicted molar refractivity (Wildman–Crippen MR) is 83.4 cm³/mol. The van der Waals surface area contributed by atoms with E-state index in [9.17, 15) is 0 Å². The molecule has 2 rings (SSSR count). The minimum absolute atomic E-state index is 0.563. The SMILES string of the molecule is CCC1CCCCC1NCC1(SC)CCCCC1. The lowest BCUT2D eigenvalue weighted by Gasteiger charge is -2.39. The van der Waals surface area contributed by atoms with Gasteiger partial charge in [0.15, 0.2) is 0 Å². The van der Waals surface area contributed by atoms with Crippen LogP contribution < -0.4 is 5.32 Å². The molecule has 0 radical (unpaired) electrons. The normalized spacial score (nSPS) is 32.3. The first kappa shape index (κ1) is 14.7. The summed E-state index contributed by atoms with van der Waals surface area (Å²) in [6.07, 6.45) is 16.7. The van der Waals surface area contributed by atoms with Crippen LogP contribution in [-0.2, 0) is 0 Å². The summed E-state index contributed by atoms with van der Waals surface area (Å²) in [6.45, 7) is 3.63. The van der Waals surface area contributed by atoms with Gasteiger partial charge < -0.3 is 5.32 Å². The minimum Gasteiger partial charge on any atom is -0.312 e. The molecule has 2 fully saturated rings. The van der Waals surface area contributed by atoms with Crippen molar-refractivity contribution in [3.8, 4) is 0 Å². The summed E-state index contributed by atoms with van der Waals surface area (Å²) < 4.78 is 0.563. The van der Waals surface area contributed by atoms with Gasteiger partial charge in [-0.15, -0.1) is 0 Å². The number of rotatable bonds is 5. The smallest absolute Gasteiger partial charge is 0.0281 e. The first-order valence-corrected chi connectivity index (χ1v) is 9.31. The third-order valence-electron chi connectivity index (χ3n) is 5.32. The standard InChI is InChI=1S/C16H31NS/c1-3-14-9-5-6-10-15(14)17-13-16(18-2)11-7-4-8-12-16/h14-15,17H,3-13H2,1-2H3. The van der Waals surface area contributed by atoms with Crippen LogP contribution in [0.5, 0.6) is 0 Å². The Kier molecular flexibility index (Phi) is 5.88. The Morgan fingerprint density at radius 2 is 1.78 bits per heavy atom. The number of hydrogen-bond donors (Lipinski definition) is 1. The van der Waals surface area contributed by atoms with E-state index in [0.29, 0.717) is 4.75 Å². The van der Waals surface area contributed by atoms with Crippen LogP contribution in [0.1, 0.15) is 71.1 Å². The molecular weight excluding hydrogens is 238 g/mol. The average Bonchev–Trinajstić information content (AvgIpc) is 2.46. The molecule has 2 unspecified atom stereocenters. The first-order valence-electron chi connectivity index (χ1n) is 8.08. The maximum absolute atomic E-state index is 3.96. The minimum atomic E-state index is 0.563. The second-order valence-corrected chi connectivity index (χ2v) is 7.66. The lowest BCUT2D eigenvalue weighted by molar-refractivity contribution is 0.241. The molecule has 106 valence electrons. The van der Waals surface area contributed by atoms with Gasteiger partial charge in [0.2, 0.25) is 0 Å². The summed E-state index contributed by atoms with van der Waals surface area (Å²) in [7, 11) is 0. The fourth-order valence-corrected chi connectivity index (χ4v) is 4.86. The van der Waals surface area contributed by atoms with Gasteiger partial charge in [0.1, 0.15) is 0 Å². The quantitative estimate of drug-likeness (QED) is 0.782. The second kappa shape index (κ2) is 7.19. The second-order valence-electron chi connectivity index (χ2n) is 6.39. The Labute approximate surface area is 118 Å². The molecule has 0 bridgehead atoms. The molecule has 1 N–H and O–H groups in total. The predicted octanol–water partition coefficient (Wildman–Crippen LogP) is 4.61. The average molecular weight is 269 g/mol. The first-order chi connectivity index (χ1) is 8.79. The van der Waals surface area contributed by atoms with Gasteiger partial charge >= 0.3 is 0 Å². The van der Waals surface area contributed by atoms with Crippen molar-refractivity contribution in [2.75, 3.05) is 12.8 Å². The molecule has 18 heavy (non-hydrogen) atoms. The maximum atomic E-state index is 3.96. The van der Waals surface area contributed by atoms with Crippen LogP contribution in [0.15, 0.2) is 0 Å². The largest absolute Gasteiger partial charge is 0.312 e. The van der Waals surface area contributed by atoms with Gasteiger partial charge in [-0.25, -0.2) is 0 Å². The van der Waals surface area contributed by atoms with Gasteiger partial charge in [-0.2, -0.15) is 11.8 Å². The zero-order valence-corrected chi connectivity index (χ0v) is 13.2. The van der Waals surface area contributed by atoms with E-state index >= 15 is 0 Å². The van der Waals surface area contributed by atoms with E-state index < -0.39 is 0 Å². The zero-order chi connectivity index (χ0) is 12.8. The number of thioether (sulfide) groups is 1. The van der Waals surface area contributed by atoms with Crippen molar-refractivity contribution in [1.29, 1.82) is 0 Å². The zero-order valence-electron chi connectivity index (χ0n) is 12.3. The molecular formula is C16H31NS. The highest BCUT2D eigenvalue weighted by atomic mass is 32.2.